The lowest BCUT2D eigenvalue weighted by atomic mass is 10.1. The zero-order valence-electron chi connectivity index (χ0n) is 14.1. The lowest BCUT2D eigenvalue weighted by Gasteiger charge is -2.26. The van der Waals surface area contributed by atoms with Gasteiger partial charge in [0, 0.05) is 6.54 Å². The molecular formula is C18H29NO3. The van der Waals surface area contributed by atoms with Crippen LogP contribution in [0.25, 0.3) is 0 Å². The quantitative estimate of drug-likeness (QED) is 0.592. The first kappa shape index (κ1) is 18.5. The summed E-state index contributed by atoms with van der Waals surface area (Å²) in [4.78, 5) is 14.1. The molecule has 0 atom stereocenters. The number of nitrogens with zero attached hydrogens (tertiary/aromatic N) is 1. The van der Waals surface area contributed by atoms with Crippen molar-refractivity contribution in [2.75, 3.05) is 33.4 Å². The standard InChI is InChI=1S/C16H23NO3.C2H6/c1-19-16(18)14-8-3-4-9-15(14)20-13-7-12-17-10-5-2-6-11-17;1-2/h3-4,8-9H,2,5-7,10-13H2,1H3;1-2H3. The van der Waals surface area contributed by atoms with Gasteiger partial charge in [0.15, 0.2) is 0 Å². The number of para-hydroxylation sites is 1. The van der Waals surface area contributed by atoms with Gasteiger partial charge in [-0.3, -0.25) is 0 Å². The number of hydrogen-bond donors (Lipinski definition) is 0. The molecule has 0 amide bonds. The second-order valence-electron chi connectivity index (χ2n) is 5.09. The zero-order valence-corrected chi connectivity index (χ0v) is 14.1. The van der Waals surface area contributed by atoms with E-state index in [4.69, 9.17) is 9.47 Å². The largest absolute Gasteiger partial charge is 0.493 e. The monoisotopic (exact) mass is 307 g/mol. The minimum absolute atomic E-state index is 0.350. The van der Waals surface area contributed by atoms with Crippen LogP contribution in [0.2, 0.25) is 0 Å². The fraction of sp³-hybridized carbons (Fsp3) is 0.611. The van der Waals surface area contributed by atoms with E-state index >= 15 is 0 Å². The number of methoxy groups -OCH3 is 1. The van der Waals surface area contributed by atoms with E-state index in [0.29, 0.717) is 17.9 Å². The predicted molar refractivity (Wildman–Crippen MR) is 89.5 cm³/mol. The molecule has 0 aromatic heterocycles. The van der Waals surface area contributed by atoms with Crippen LogP contribution < -0.4 is 4.74 Å². The van der Waals surface area contributed by atoms with Crippen LogP contribution in [0.15, 0.2) is 24.3 Å². The second-order valence-corrected chi connectivity index (χ2v) is 5.09. The lowest BCUT2D eigenvalue weighted by molar-refractivity contribution is 0.0595. The molecule has 1 saturated heterocycles. The van der Waals surface area contributed by atoms with Crippen LogP contribution in [0.1, 0.15) is 49.9 Å². The molecular weight excluding hydrogens is 278 g/mol. The minimum atomic E-state index is -0.350. The highest BCUT2D eigenvalue weighted by atomic mass is 16.5. The van der Waals surface area contributed by atoms with Crippen LogP contribution in [0, 0.1) is 0 Å². The summed E-state index contributed by atoms with van der Waals surface area (Å²) in [5, 5.41) is 0. The Labute approximate surface area is 134 Å². The Morgan fingerprint density at radius 2 is 1.82 bits per heavy atom. The summed E-state index contributed by atoms with van der Waals surface area (Å²) in [7, 11) is 1.38. The smallest absolute Gasteiger partial charge is 0.341 e. The van der Waals surface area contributed by atoms with Gasteiger partial charge in [-0.25, -0.2) is 4.79 Å². The van der Waals surface area contributed by atoms with E-state index in [9.17, 15) is 4.79 Å². The summed E-state index contributed by atoms with van der Waals surface area (Å²) in [5.74, 6) is 0.259. The molecule has 0 bridgehead atoms. The number of ether oxygens (including phenoxy) is 2. The minimum Gasteiger partial charge on any atom is -0.493 e. The first-order chi connectivity index (χ1) is 10.8. The van der Waals surface area contributed by atoms with E-state index in [1.807, 2.05) is 32.0 Å². The Bertz CT molecular complexity index is 428. The van der Waals surface area contributed by atoms with Gasteiger partial charge in [0.2, 0.25) is 0 Å². The van der Waals surface area contributed by atoms with Crippen LogP contribution in [-0.2, 0) is 4.74 Å². The summed E-state index contributed by atoms with van der Waals surface area (Å²) < 4.78 is 10.5. The molecule has 22 heavy (non-hydrogen) atoms. The van der Waals surface area contributed by atoms with E-state index in [2.05, 4.69) is 4.90 Å². The van der Waals surface area contributed by atoms with E-state index in [0.717, 1.165) is 13.0 Å². The highest BCUT2D eigenvalue weighted by molar-refractivity contribution is 5.92. The molecule has 0 N–H and O–H groups in total. The molecule has 0 radical (unpaired) electrons. The maximum atomic E-state index is 11.6. The SMILES string of the molecule is CC.COC(=O)c1ccccc1OCCCN1CCCCC1. The topological polar surface area (TPSA) is 38.8 Å². The predicted octanol–water partition coefficient (Wildman–Crippen LogP) is 3.75. The molecule has 124 valence electrons. The molecule has 1 aromatic rings. The van der Waals surface area contributed by atoms with Crippen LogP contribution in [0.5, 0.6) is 5.75 Å². The third-order valence-electron chi connectivity index (χ3n) is 3.62. The van der Waals surface area contributed by atoms with Crippen molar-refractivity contribution in [3.8, 4) is 5.75 Å². The number of piperidine rings is 1. The van der Waals surface area contributed by atoms with Gasteiger partial charge in [-0.2, -0.15) is 0 Å². The summed E-state index contributed by atoms with van der Waals surface area (Å²) in [6.45, 7) is 8.11. The van der Waals surface area contributed by atoms with E-state index in [1.165, 1.54) is 39.5 Å². The Morgan fingerprint density at radius 3 is 2.50 bits per heavy atom. The molecule has 0 aliphatic carbocycles. The van der Waals surface area contributed by atoms with Crippen molar-refractivity contribution >= 4 is 5.97 Å². The van der Waals surface area contributed by atoms with Crippen molar-refractivity contribution in [1.29, 1.82) is 0 Å². The highest BCUT2D eigenvalue weighted by Gasteiger charge is 2.12. The third-order valence-corrected chi connectivity index (χ3v) is 3.62. The first-order valence-corrected chi connectivity index (χ1v) is 8.34. The van der Waals surface area contributed by atoms with Crippen LogP contribution in [0.3, 0.4) is 0 Å². The molecule has 1 aliphatic heterocycles. The van der Waals surface area contributed by atoms with E-state index < -0.39 is 0 Å². The molecule has 1 aromatic carbocycles. The fourth-order valence-corrected chi connectivity index (χ4v) is 2.52. The highest BCUT2D eigenvalue weighted by Crippen LogP contribution is 2.19. The number of rotatable bonds is 6. The Hall–Kier alpha value is -1.55. The molecule has 1 fully saturated rings. The van der Waals surface area contributed by atoms with E-state index in [1.54, 1.807) is 6.07 Å². The van der Waals surface area contributed by atoms with Crippen LogP contribution >= 0.6 is 0 Å². The molecule has 4 nitrogen and oxygen atoms in total. The first-order valence-electron chi connectivity index (χ1n) is 8.34. The summed E-state index contributed by atoms with van der Waals surface area (Å²) >= 11 is 0. The molecule has 0 saturated carbocycles. The van der Waals surface area contributed by atoms with Gasteiger partial charge < -0.3 is 14.4 Å². The summed E-state index contributed by atoms with van der Waals surface area (Å²) in [6.07, 6.45) is 4.97. The molecule has 0 spiro atoms. The maximum absolute atomic E-state index is 11.6. The van der Waals surface area contributed by atoms with Crippen molar-refractivity contribution < 1.29 is 14.3 Å². The van der Waals surface area contributed by atoms with Gasteiger partial charge in [0.25, 0.3) is 0 Å². The number of carbonyl (C=O) groups excluding carboxylic acids is 1. The Balaban J connectivity index is 0.00000116. The van der Waals surface area contributed by atoms with Crippen molar-refractivity contribution in [3.05, 3.63) is 29.8 Å². The molecule has 0 unspecified atom stereocenters. The van der Waals surface area contributed by atoms with Crippen molar-refractivity contribution in [2.24, 2.45) is 0 Å². The maximum Gasteiger partial charge on any atom is 0.341 e. The average molecular weight is 307 g/mol. The molecule has 2 rings (SSSR count). The molecule has 1 aliphatic rings. The second kappa shape index (κ2) is 11.1. The third kappa shape index (κ3) is 6.06. The summed E-state index contributed by atoms with van der Waals surface area (Å²) in [5.41, 5.74) is 0.493. The Kier molecular flexibility index (Phi) is 9.31. The van der Waals surface area contributed by atoms with Gasteiger partial charge in [0.05, 0.1) is 13.7 Å². The average Bonchev–Trinajstić information content (AvgIpc) is 2.61. The van der Waals surface area contributed by atoms with Gasteiger partial charge in [0.1, 0.15) is 11.3 Å². The zero-order chi connectivity index (χ0) is 16.2. The van der Waals surface area contributed by atoms with Crippen molar-refractivity contribution in [1.82, 2.24) is 4.90 Å². The van der Waals surface area contributed by atoms with Crippen molar-refractivity contribution in [3.63, 3.8) is 0 Å². The van der Waals surface area contributed by atoms with Gasteiger partial charge in [-0.15, -0.1) is 0 Å². The summed E-state index contributed by atoms with van der Waals surface area (Å²) in [6, 6.07) is 7.22. The van der Waals surface area contributed by atoms with Crippen LogP contribution in [0.4, 0.5) is 0 Å². The number of carbonyl (C=O) groups is 1. The van der Waals surface area contributed by atoms with E-state index in [-0.39, 0.29) is 5.97 Å². The van der Waals surface area contributed by atoms with Crippen molar-refractivity contribution in [2.45, 2.75) is 39.5 Å². The van der Waals surface area contributed by atoms with Crippen LogP contribution in [-0.4, -0.2) is 44.2 Å². The fourth-order valence-electron chi connectivity index (χ4n) is 2.52. The molecule has 4 heteroatoms. The van der Waals surface area contributed by atoms with Gasteiger partial charge >= 0.3 is 5.97 Å². The number of esters is 1. The van der Waals surface area contributed by atoms with Gasteiger partial charge in [-0.1, -0.05) is 32.4 Å². The molecule has 1 heterocycles. The number of hydrogen-bond acceptors (Lipinski definition) is 4. The van der Waals surface area contributed by atoms with Gasteiger partial charge in [-0.05, 0) is 44.5 Å². The number of benzene rings is 1. The normalized spacial score (nSPS) is 14.7. The Morgan fingerprint density at radius 1 is 1.14 bits per heavy atom. The lowest BCUT2D eigenvalue weighted by Crippen LogP contribution is -2.31. The number of likely N-dealkylation sites (tertiary alicyclic amines) is 1.